The maximum Gasteiger partial charge on any atom is 0.223 e. The molecular weight excluding hydrogens is 388 g/mol. The van der Waals surface area contributed by atoms with E-state index in [9.17, 15) is 9.90 Å². The highest BCUT2D eigenvalue weighted by molar-refractivity contribution is 6.32. The van der Waals surface area contributed by atoms with Gasteiger partial charge in [-0.15, -0.1) is 0 Å². The van der Waals surface area contributed by atoms with Crippen LogP contribution >= 0.6 is 11.6 Å². The van der Waals surface area contributed by atoms with Gasteiger partial charge < -0.3 is 19.6 Å². The normalized spacial score (nSPS) is 23.7. The van der Waals surface area contributed by atoms with Gasteiger partial charge >= 0.3 is 0 Å². The third-order valence-corrected chi connectivity index (χ3v) is 6.76. The van der Waals surface area contributed by atoms with E-state index in [-0.39, 0.29) is 12.5 Å². The summed E-state index contributed by atoms with van der Waals surface area (Å²) in [6, 6.07) is 3.79. The number of hydrogen-bond donors (Lipinski definition) is 1. The van der Waals surface area contributed by atoms with Crippen molar-refractivity contribution in [1.82, 2.24) is 9.80 Å². The van der Waals surface area contributed by atoms with E-state index in [4.69, 9.17) is 16.3 Å². The van der Waals surface area contributed by atoms with Gasteiger partial charge in [-0.1, -0.05) is 24.4 Å². The summed E-state index contributed by atoms with van der Waals surface area (Å²) in [6.07, 6.45) is 7.05. The maximum absolute atomic E-state index is 12.7. The number of benzene rings is 1. The van der Waals surface area contributed by atoms with Crippen LogP contribution in [0, 0.1) is 13.8 Å². The van der Waals surface area contributed by atoms with Crippen LogP contribution in [0.25, 0.3) is 0 Å². The smallest absolute Gasteiger partial charge is 0.223 e. The van der Waals surface area contributed by atoms with Crippen molar-refractivity contribution in [2.24, 2.45) is 0 Å². The van der Waals surface area contributed by atoms with Crippen molar-refractivity contribution in [3.05, 3.63) is 28.3 Å². The number of carbonyl (C=O) groups is 1. The third-order valence-electron chi connectivity index (χ3n) is 6.17. The van der Waals surface area contributed by atoms with E-state index in [1.54, 1.807) is 0 Å². The topological polar surface area (TPSA) is 53.0 Å². The molecule has 0 radical (unpaired) electrons. The fraction of sp³-hybridized carbons (Fsp3) is 0.696. The molecule has 1 amide bonds. The summed E-state index contributed by atoms with van der Waals surface area (Å²) in [4.78, 5) is 17.0. The van der Waals surface area contributed by atoms with Crippen LogP contribution in [0.3, 0.4) is 0 Å². The van der Waals surface area contributed by atoms with E-state index in [2.05, 4.69) is 4.90 Å². The minimum Gasteiger partial charge on any atom is -0.491 e. The summed E-state index contributed by atoms with van der Waals surface area (Å²) in [5, 5.41) is 11.8. The molecule has 0 aliphatic carbocycles. The molecular formula is C23H35ClN2O3. The lowest BCUT2D eigenvalue weighted by Gasteiger charge is -2.39. The van der Waals surface area contributed by atoms with Gasteiger partial charge in [0, 0.05) is 24.5 Å². The summed E-state index contributed by atoms with van der Waals surface area (Å²) in [6.45, 7) is 8.18. The van der Waals surface area contributed by atoms with Crippen LogP contribution in [0.15, 0.2) is 12.1 Å². The van der Waals surface area contributed by atoms with Gasteiger partial charge in [-0.25, -0.2) is 0 Å². The monoisotopic (exact) mass is 422 g/mol. The molecule has 162 valence electrons. The molecule has 0 aromatic heterocycles. The Morgan fingerprint density at radius 2 is 1.76 bits per heavy atom. The minimum atomic E-state index is -1.00. The molecule has 1 aromatic carbocycles. The van der Waals surface area contributed by atoms with E-state index >= 15 is 0 Å². The molecule has 6 heteroatoms. The first-order valence-corrected chi connectivity index (χ1v) is 11.4. The van der Waals surface area contributed by atoms with E-state index in [1.807, 2.05) is 30.9 Å². The molecule has 1 unspecified atom stereocenters. The molecule has 1 atom stereocenters. The van der Waals surface area contributed by atoms with Crippen LogP contribution in [-0.4, -0.2) is 65.7 Å². The summed E-state index contributed by atoms with van der Waals surface area (Å²) in [5.74, 6) is 0.855. The van der Waals surface area contributed by atoms with Crippen LogP contribution in [0.2, 0.25) is 5.02 Å². The number of hydrogen-bond acceptors (Lipinski definition) is 4. The largest absolute Gasteiger partial charge is 0.491 e. The predicted molar refractivity (Wildman–Crippen MR) is 117 cm³/mol. The van der Waals surface area contributed by atoms with Crippen LogP contribution in [0.5, 0.6) is 5.75 Å². The molecule has 0 spiro atoms. The molecule has 0 saturated carbocycles. The Hall–Kier alpha value is -1.30. The van der Waals surface area contributed by atoms with E-state index in [1.165, 1.54) is 25.7 Å². The van der Waals surface area contributed by atoms with Crippen LogP contribution in [0.4, 0.5) is 0 Å². The number of nitrogens with zero attached hydrogens (tertiary/aromatic N) is 2. The first-order valence-electron chi connectivity index (χ1n) is 11.0. The molecule has 3 rings (SSSR count). The average molecular weight is 423 g/mol. The van der Waals surface area contributed by atoms with Crippen LogP contribution in [-0.2, 0) is 4.79 Å². The highest BCUT2D eigenvalue weighted by atomic mass is 35.5. The number of amides is 1. The first-order chi connectivity index (χ1) is 13.9. The van der Waals surface area contributed by atoms with Gasteiger partial charge in [0.2, 0.25) is 5.91 Å². The van der Waals surface area contributed by atoms with Crippen molar-refractivity contribution in [2.45, 2.75) is 64.4 Å². The first kappa shape index (κ1) is 22.4. The molecule has 0 bridgehead atoms. The lowest BCUT2D eigenvalue weighted by molar-refractivity contribution is -0.140. The fourth-order valence-electron chi connectivity index (χ4n) is 4.42. The van der Waals surface area contributed by atoms with Gasteiger partial charge in [0.15, 0.2) is 0 Å². The lowest BCUT2D eigenvalue weighted by atomic mass is 9.93. The van der Waals surface area contributed by atoms with E-state index < -0.39 is 5.60 Å². The van der Waals surface area contributed by atoms with Crippen molar-refractivity contribution in [1.29, 1.82) is 0 Å². The van der Waals surface area contributed by atoms with Crippen molar-refractivity contribution in [3.8, 4) is 5.75 Å². The number of carbonyl (C=O) groups excluding carboxylic acids is 1. The van der Waals surface area contributed by atoms with Crippen LogP contribution in [0.1, 0.15) is 56.1 Å². The standard InChI is InChI=1S/C23H35ClN2O3/c1-18-14-20(15-19(2)22(18)24)29-17-23(28)9-7-12-26(16-23)21(27)8-13-25-10-5-3-4-6-11-25/h14-15,28H,3-13,16-17H2,1-2H3. The number of rotatable bonds is 6. The number of ether oxygens (including phenoxy) is 1. The van der Waals surface area contributed by atoms with E-state index in [0.717, 1.165) is 48.7 Å². The van der Waals surface area contributed by atoms with Crippen molar-refractivity contribution < 1.29 is 14.6 Å². The predicted octanol–water partition coefficient (Wildman–Crippen LogP) is 3.96. The second kappa shape index (κ2) is 10.1. The maximum atomic E-state index is 12.7. The Balaban J connectivity index is 1.51. The lowest BCUT2D eigenvalue weighted by Crippen LogP contribution is -2.53. The fourth-order valence-corrected chi connectivity index (χ4v) is 4.53. The molecule has 2 saturated heterocycles. The number of piperidine rings is 1. The average Bonchev–Trinajstić information content (AvgIpc) is 2.97. The zero-order valence-corrected chi connectivity index (χ0v) is 18.6. The second-order valence-electron chi connectivity index (χ2n) is 8.81. The Morgan fingerprint density at radius 3 is 2.41 bits per heavy atom. The number of aliphatic hydroxyl groups is 1. The number of halogens is 1. The highest BCUT2D eigenvalue weighted by Gasteiger charge is 2.36. The molecule has 5 nitrogen and oxygen atoms in total. The van der Waals surface area contributed by atoms with Crippen molar-refractivity contribution >= 4 is 17.5 Å². The molecule has 1 N–H and O–H groups in total. The SMILES string of the molecule is Cc1cc(OCC2(O)CCCN(C(=O)CCN3CCCCCC3)C2)cc(C)c1Cl. The summed E-state index contributed by atoms with van der Waals surface area (Å²) in [7, 11) is 0. The Labute approximate surface area is 180 Å². The van der Waals surface area contributed by atoms with Crippen molar-refractivity contribution in [3.63, 3.8) is 0 Å². The number of likely N-dealkylation sites (tertiary alicyclic amines) is 2. The number of aryl methyl sites for hydroxylation is 2. The molecule has 1 aromatic rings. The summed E-state index contributed by atoms with van der Waals surface area (Å²) >= 11 is 6.22. The second-order valence-corrected chi connectivity index (χ2v) is 9.19. The summed E-state index contributed by atoms with van der Waals surface area (Å²) in [5.41, 5.74) is 0.919. The molecule has 2 fully saturated rings. The van der Waals surface area contributed by atoms with E-state index in [0.29, 0.717) is 25.1 Å². The Morgan fingerprint density at radius 1 is 1.10 bits per heavy atom. The van der Waals surface area contributed by atoms with Gasteiger partial charge in [-0.2, -0.15) is 0 Å². The Bertz CT molecular complexity index is 680. The van der Waals surface area contributed by atoms with Gasteiger partial charge in [0.1, 0.15) is 18.0 Å². The van der Waals surface area contributed by atoms with Crippen LogP contribution < -0.4 is 4.74 Å². The van der Waals surface area contributed by atoms with Gasteiger partial charge in [-0.3, -0.25) is 4.79 Å². The molecule has 2 heterocycles. The molecule has 29 heavy (non-hydrogen) atoms. The van der Waals surface area contributed by atoms with Gasteiger partial charge in [-0.05, 0) is 75.9 Å². The van der Waals surface area contributed by atoms with Gasteiger partial charge in [0.25, 0.3) is 0 Å². The molecule has 2 aliphatic rings. The number of β-amino-alcohol motifs (C(OH)–C–C–N with tert-alkyl or cyclic N) is 1. The minimum absolute atomic E-state index is 0.144. The van der Waals surface area contributed by atoms with Gasteiger partial charge in [0.05, 0.1) is 6.54 Å². The Kier molecular flexibility index (Phi) is 7.83. The molecule has 2 aliphatic heterocycles. The summed E-state index contributed by atoms with van der Waals surface area (Å²) < 4.78 is 5.91. The zero-order chi connectivity index (χ0) is 20.9. The zero-order valence-electron chi connectivity index (χ0n) is 17.9. The highest BCUT2D eigenvalue weighted by Crippen LogP contribution is 2.28. The quantitative estimate of drug-likeness (QED) is 0.754. The third kappa shape index (κ3) is 6.34. The van der Waals surface area contributed by atoms with Crippen molar-refractivity contribution in [2.75, 3.05) is 39.3 Å².